The van der Waals surface area contributed by atoms with Crippen LogP contribution >= 0.6 is 39.3 Å². The normalized spacial score (nSPS) is 22.1. The molecule has 41 heavy (non-hydrogen) atoms. The Kier molecular flexibility index (Phi) is 8.70. The van der Waals surface area contributed by atoms with Crippen molar-refractivity contribution in [3.8, 4) is 17.2 Å². The first kappa shape index (κ1) is 29.5. The fourth-order valence-electron chi connectivity index (χ4n) is 4.92. The van der Waals surface area contributed by atoms with Crippen LogP contribution in [0.5, 0.6) is 0 Å². The highest BCUT2D eigenvalue weighted by Gasteiger charge is 2.51. The molecule has 6 rings (SSSR count). The van der Waals surface area contributed by atoms with Crippen LogP contribution in [0.25, 0.3) is 11.1 Å². The Labute approximate surface area is 255 Å². The topological polar surface area (TPSA) is 116 Å². The number of thioether (sulfide) groups is 1. The number of rotatable bonds is 7. The Morgan fingerprint density at radius 3 is 2.63 bits per heavy atom. The van der Waals surface area contributed by atoms with E-state index in [0.29, 0.717) is 42.0 Å². The predicted molar refractivity (Wildman–Crippen MR) is 157 cm³/mol. The molecule has 214 valence electrons. The number of nitriles is 1. The van der Waals surface area contributed by atoms with Crippen LogP contribution in [0.3, 0.4) is 0 Å². The molecule has 2 atom stereocenters. The fourth-order valence-corrected chi connectivity index (χ4v) is 6.69. The zero-order valence-electron chi connectivity index (χ0n) is 22.2. The van der Waals surface area contributed by atoms with Crippen molar-refractivity contribution in [1.82, 2.24) is 30.3 Å². The summed E-state index contributed by atoms with van der Waals surface area (Å²) in [7, 11) is 1.88. The fraction of sp³-hybridized carbons (Fsp3) is 0.393. The van der Waals surface area contributed by atoms with Gasteiger partial charge >= 0.3 is 0 Å². The smallest absolute Gasteiger partial charge is 0.249 e. The number of nitrogens with zero attached hydrogens (tertiary/aromatic N) is 5. The number of carbonyl (C=O) groups excluding carboxylic acids is 2. The molecule has 0 bridgehead atoms. The molecule has 0 radical (unpaired) electrons. The monoisotopic (exact) mass is 659 g/mol. The molecule has 1 saturated carbocycles. The Bertz CT molecular complexity index is 1500. The Morgan fingerprint density at radius 2 is 2.10 bits per heavy atom. The van der Waals surface area contributed by atoms with E-state index in [9.17, 15) is 14.0 Å². The highest BCUT2D eigenvalue weighted by molar-refractivity contribution is 9.10. The average molecular weight is 661 g/mol. The van der Waals surface area contributed by atoms with Crippen LogP contribution in [0.4, 0.5) is 4.39 Å². The third-order valence-corrected chi connectivity index (χ3v) is 9.69. The van der Waals surface area contributed by atoms with Crippen LogP contribution in [0.1, 0.15) is 31.4 Å². The van der Waals surface area contributed by atoms with Crippen molar-refractivity contribution < 1.29 is 14.0 Å². The van der Waals surface area contributed by atoms with Gasteiger partial charge in [0.1, 0.15) is 22.6 Å². The van der Waals surface area contributed by atoms with E-state index in [1.54, 1.807) is 16.4 Å². The third-order valence-electron chi connectivity index (χ3n) is 7.50. The number of pyridine rings is 1. The van der Waals surface area contributed by atoms with Crippen molar-refractivity contribution in [2.45, 2.75) is 46.9 Å². The van der Waals surface area contributed by atoms with Gasteiger partial charge in [-0.2, -0.15) is 10.4 Å². The molecule has 3 aromatic rings. The molecule has 3 aliphatic rings. The van der Waals surface area contributed by atoms with Gasteiger partial charge in [-0.3, -0.25) is 24.6 Å². The van der Waals surface area contributed by atoms with Gasteiger partial charge in [0.2, 0.25) is 12.3 Å². The summed E-state index contributed by atoms with van der Waals surface area (Å²) in [6.07, 6.45) is 8.88. The van der Waals surface area contributed by atoms with E-state index in [-0.39, 0.29) is 16.9 Å². The van der Waals surface area contributed by atoms with Crippen LogP contribution in [-0.4, -0.2) is 62.4 Å². The molecule has 4 heterocycles. The zero-order chi connectivity index (χ0) is 29.2. The molecule has 0 spiro atoms. The third kappa shape index (κ3) is 6.28. The second-order valence-electron chi connectivity index (χ2n) is 10.3. The molecule has 3 fully saturated rings. The maximum absolute atomic E-state index is 14.7. The van der Waals surface area contributed by atoms with Crippen molar-refractivity contribution in [3.63, 3.8) is 0 Å². The van der Waals surface area contributed by atoms with Gasteiger partial charge < -0.3 is 10.2 Å². The largest absolute Gasteiger partial charge is 0.340 e. The van der Waals surface area contributed by atoms with Gasteiger partial charge in [-0.05, 0) is 71.9 Å². The molecule has 1 aromatic carbocycles. The van der Waals surface area contributed by atoms with E-state index >= 15 is 0 Å². The number of hydrogen-bond donors (Lipinski definition) is 2. The van der Waals surface area contributed by atoms with Gasteiger partial charge in [0.25, 0.3) is 0 Å². The summed E-state index contributed by atoms with van der Waals surface area (Å²) < 4.78 is 17.0. The minimum absolute atomic E-state index is 0.108. The van der Waals surface area contributed by atoms with E-state index in [0.717, 1.165) is 35.3 Å². The molecule has 2 saturated heterocycles. The highest BCUT2D eigenvalue weighted by atomic mass is 79.9. The number of carbonyl (C=O) groups is 2. The summed E-state index contributed by atoms with van der Waals surface area (Å²) in [5.74, 6) is -0.584. The van der Waals surface area contributed by atoms with Crippen LogP contribution < -0.4 is 10.6 Å². The number of benzene rings is 1. The van der Waals surface area contributed by atoms with E-state index in [1.807, 2.05) is 48.6 Å². The van der Waals surface area contributed by atoms with Crippen LogP contribution in [-0.2, 0) is 22.2 Å². The van der Waals surface area contributed by atoms with Gasteiger partial charge in [0.15, 0.2) is 0 Å². The second-order valence-corrected chi connectivity index (χ2v) is 13.0. The average Bonchev–Trinajstić information content (AvgIpc) is 3.31. The minimum atomic E-state index is -1.08. The summed E-state index contributed by atoms with van der Waals surface area (Å²) in [6.45, 7) is 1.88. The van der Waals surface area contributed by atoms with Crippen LogP contribution in [0.15, 0.2) is 52.2 Å². The molecule has 2 aliphatic heterocycles. The van der Waals surface area contributed by atoms with Crippen molar-refractivity contribution in [3.05, 3.63) is 63.9 Å². The number of amides is 2. The van der Waals surface area contributed by atoms with Crippen LogP contribution in [0.2, 0.25) is 5.02 Å². The van der Waals surface area contributed by atoms with Crippen LogP contribution in [0, 0.1) is 17.1 Å². The SMILES string of the molecule is Cn1cc(-c2ccc(SC3CCN(C(=O)C4(c5ncc(Br)cc5F)CCN4)C3)c(Cl)c2)cn1.N#CC1(NC=O)CC1. The predicted octanol–water partition coefficient (Wildman–Crippen LogP) is 4.41. The van der Waals surface area contributed by atoms with E-state index < -0.39 is 16.9 Å². The van der Waals surface area contributed by atoms with Gasteiger partial charge in [-0.15, -0.1) is 11.8 Å². The number of aryl methyl sites for hydroxylation is 1. The molecule has 2 unspecified atom stereocenters. The lowest BCUT2D eigenvalue weighted by Gasteiger charge is -2.43. The van der Waals surface area contributed by atoms with Gasteiger partial charge in [-0.1, -0.05) is 17.7 Å². The summed E-state index contributed by atoms with van der Waals surface area (Å²) in [4.78, 5) is 30.3. The van der Waals surface area contributed by atoms with Crippen molar-refractivity contribution in [1.29, 1.82) is 5.26 Å². The number of likely N-dealkylation sites (tertiary alicyclic amines) is 1. The summed E-state index contributed by atoms with van der Waals surface area (Å²) in [6, 6.07) is 9.39. The van der Waals surface area contributed by atoms with E-state index in [2.05, 4.69) is 36.6 Å². The first-order chi connectivity index (χ1) is 19.7. The number of hydrogen-bond acceptors (Lipinski definition) is 7. The molecule has 2 amide bonds. The molecular weight excluding hydrogens is 633 g/mol. The Balaban J connectivity index is 0.000000365. The van der Waals surface area contributed by atoms with Gasteiger partial charge in [0.05, 0.1) is 17.3 Å². The molecule has 13 heteroatoms. The van der Waals surface area contributed by atoms with Gasteiger partial charge in [0, 0.05) is 52.7 Å². The number of nitrogens with one attached hydrogen (secondary N) is 2. The molecule has 2 N–H and O–H groups in total. The summed E-state index contributed by atoms with van der Waals surface area (Å²) >= 11 is 11.5. The molecule has 9 nitrogen and oxygen atoms in total. The van der Waals surface area contributed by atoms with Crippen molar-refractivity contribution in [2.75, 3.05) is 19.6 Å². The molecule has 1 aliphatic carbocycles. The summed E-state index contributed by atoms with van der Waals surface area (Å²) in [5.41, 5.74) is 0.658. The van der Waals surface area contributed by atoms with Crippen molar-refractivity contribution >= 4 is 51.6 Å². The lowest BCUT2D eigenvalue weighted by atomic mass is 9.82. The number of aromatic nitrogens is 3. The van der Waals surface area contributed by atoms with Gasteiger partial charge in [-0.25, -0.2) is 4.39 Å². The minimum Gasteiger partial charge on any atom is -0.340 e. The first-order valence-corrected chi connectivity index (χ1v) is 15.2. The standard InChI is InChI=1S/C23H22BrClFN5OS.C5H6N2O/c1-30-12-15(10-29-30)14-2-3-20(18(25)8-14)33-17-4-7-31(13-17)22(32)23(5-6-28-23)21-19(26)9-16(24)11-27-21;6-3-5(1-2-5)7-4-8/h2-3,8-12,17,28H,4-7,13H2,1H3;4H,1-2H2,(H,7,8). The van der Waals surface area contributed by atoms with E-state index in [1.165, 1.54) is 12.3 Å². The van der Waals surface area contributed by atoms with Crippen molar-refractivity contribution in [2.24, 2.45) is 7.05 Å². The van der Waals surface area contributed by atoms with E-state index in [4.69, 9.17) is 16.9 Å². The Morgan fingerprint density at radius 1 is 1.32 bits per heavy atom. The lowest BCUT2D eigenvalue weighted by Crippen LogP contribution is -2.64. The second kappa shape index (κ2) is 12.1. The maximum atomic E-state index is 14.7. The molecular formula is C28H28BrClFN7O2S. The zero-order valence-corrected chi connectivity index (χ0v) is 25.4. The summed E-state index contributed by atoms with van der Waals surface area (Å²) in [5, 5.41) is 19.0. The number of halogens is 3. The molecule has 2 aromatic heterocycles. The maximum Gasteiger partial charge on any atom is 0.249 e. The highest BCUT2D eigenvalue weighted by Crippen LogP contribution is 2.40. The quantitative estimate of drug-likeness (QED) is 0.361. The lowest BCUT2D eigenvalue weighted by molar-refractivity contribution is -0.141. The first-order valence-electron chi connectivity index (χ1n) is 13.1. The Hall–Kier alpha value is -2.98.